The van der Waals surface area contributed by atoms with Crippen molar-refractivity contribution in [2.45, 2.75) is 0 Å². The van der Waals surface area contributed by atoms with Gasteiger partial charge in [-0.2, -0.15) is 4.39 Å². The highest BCUT2D eigenvalue weighted by atomic mass is 19.1. The molecule has 0 radical (unpaired) electrons. The second kappa shape index (κ2) is 4.74. The summed E-state index contributed by atoms with van der Waals surface area (Å²) in [4.78, 5) is 14.7. The highest BCUT2D eigenvalue weighted by molar-refractivity contribution is 5.89. The third-order valence-corrected chi connectivity index (χ3v) is 2.37. The van der Waals surface area contributed by atoms with Crippen molar-refractivity contribution < 1.29 is 13.9 Å². The Morgan fingerprint density at radius 3 is 2.47 bits per heavy atom. The Morgan fingerprint density at radius 1 is 1.18 bits per heavy atom. The van der Waals surface area contributed by atoms with E-state index in [9.17, 15) is 9.18 Å². The molecule has 4 heteroatoms. The molecule has 0 aliphatic rings. The molecule has 0 saturated carbocycles. The molecule has 0 saturated heterocycles. The van der Waals surface area contributed by atoms with Crippen LogP contribution in [0.3, 0.4) is 0 Å². The molecular formula is C13H10FNO2. The monoisotopic (exact) mass is 231 g/mol. The van der Waals surface area contributed by atoms with Crippen LogP contribution in [0.15, 0.2) is 42.6 Å². The van der Waals surface area contributed by atoms with Gasteiger partial charge in [0.2, 0.25) is 5.95 Å². The van der Waals surface area contributed by atoms with E-state index in [0.717, 1.165) is 5.56 Å². The van der Waals surface area contributed by atoms with Crippen LogP contribution in [0.2, 0.25) is 0 Å². The van der Waals surface area contributed by atoms with Crippen molar-refractivity contribution in [3.63, 3.8) is 0 Å². The first-order valence-electron chi connectivity index (χ1n) is 5.01. The van der Waals surface area contributed by atoms with Crippen molar-refractivity contribution in [1.82, 2.24) is 4.98 Å². The summed E-state index contributed by atoms with van der Waals surface area (Å²) in [5.74, 6) is -0.919. The molecule has 2 aromatic rings. The zero-order valence-corrected chi connectivity index (χ0v) is 9.18. The van der Waals surface area contributed by atoms with Gasteiger partial charge in [-0.05, 0) is 29.3 Å². The lowest BCUT2D eigenvalue weighted by Crippen LogP contribution is -2.00. The summed E-state index contributed by atoms with van der Waals surface area (Å²) in [6.07, 6.45) is 1.40. The number of nitrogens with zero attached hydrogens (tertiary/aromatic N) is 1. The molecule has 0 amide bonds. The molecule has 0 aliphatic heterocycles. The number of hydrogen-bond acceptors (Lipinski definition) is 3. The fourth-order valence-electron chi connectivity index (χ4n) is 1.50. The van der Waals surface area contributed by atoms with Crippen LogP contribution in [0.1, 0.15) is 10.4 Å². The number of carbonyl (C=O) groups excluding carboxylic acids is 1. The van der Waals surface area contributed by atoms with Crippen LogP contribution >= 0.6 is 0 Å². The quantitative estimate of drug-likeness (QED) is 0.589. The van der Waals surface area contributed by atoms with Crippen molar-refractivity contribution in [2.24, 2.45) is 0 Å². The van der Waals surface area contributed by atoms with E-state index in [4.69, 9.17) is 0 Å². The van der Waals surface area contributed by atoms with E-state index in [1.54, 1.807) is 30.3 Å². The molecule has 0 fully saturated rings. The highest BCUT2D eigenvalue weighted by Crippen LogP contribution is 2.19. The third kappa shape index (κ3) is 2.47. The second-order valence-corrected chi connectivity index (χ2v) is 3.44. The fraction of sp³-hybridized carbons (Fsp3) is 0.0769. The summed E-state index contributed by atoms with van der Waals surface area (Å²) < 4.78 is 17.5. The molecular weight excluding hydrogens is 221 g/mol. The lowest BCUT2D eigenvalue weighted by molar-refractivity contribution is 0.0601. The maximum absolute atomic E-state index is 12.9. The number of methoxy groups -OCH3 is 1. The number of carbonyl (C=O) groups is 1. The minimum atomic E-state index is -0.528. The van der Waals surface area contributed by atoms with Crippen LogP contribution in [0.25, 0.3) is 11.1 Å². The molecule has 17 heavy (non-hydrogen) atoms. The van der Waals surface area contributed by atoms with Gasteiger partial charge in [0.15, 0.2) is 0 Å². The minimum Gasteiger partial charge on any atom is -0.465 e. The Bertz CT molecular complexity index is 537. The smallest absolute Gasteiger partial charge is 0.337 e. The molecule has 1 aromatic heterocycles. The van der Waals surface area contributed by atoms with Gasteiger partial charge >= 0.3 is 5.97 Å². The molecule has 0 aliphatic carbocycles. The average Bonchev–Trinajstić information content (AvgIpc) is 2.38. The van der Waals surface area contributed by atoms with Gasteiger partial charge in [-0.25, -0.2) is 9.78 Å². The normalized spacial score (nSPS) is 10.0. The number of hydrogen-bond donors (Lipinski definition) is 0. The molecule has 1 heterocycles. The molecule has 86 valence electrons. The maximum Gasteiger partial charge on any atom is 0.337 e. The van der Waals surface area contributed by atoms with E-state index in [1.165, 1.54) is 19.4 Å². The number of esters is 1. The second-order valence-electron chi connectivity index (χ2n) is 3.44. The Labute approximate surface area is 97.9 Å². The number of rotatable bonds is 2. The van der Waals surface area contributed by atoms with Gasteiger partial charge in [-0.3, -0.25) is 0 Å². The summed E-state index contributed by atoms with van der Waals surface area (Å²) >= 11 is 0. The Balaban J connectivity index is 2.32. The van der Waals surface area contributed by atoms with Gasteiger partial charge in [-0.1, -0.05) is 12.1 Å². The van der Waals surface area contributed by atoms with E-state index in [-0.39, 0.29) is 0 Å². The topological polar surface area (TPSA) is 39.2 Å². The molecule has 0 bridgehead atoms. The molecule has 2 rings (SSSR count). The van der Waals surface area contributed by atoms with Crippen molar-refractivity contribution in [3.8, 4) is 11.1 Å². The van der Waals surface area contributed by atoms with E-state index >= 15 is 0 Å². The van der Waals surface area contributed by atoms with Gasteiger partial charge in [-0.15, -0.1) is 0 Å². The minimum absolute atomic E-state index is 0.391. The van der Waals surface area contributed by atoms with Crippen molar-refractivity contribution in [2.75, 3.05) is 7.11 Å². The van der Waals surface area contributed by atoms with Crippen molar-refractivity contribution in [1.29, 1.82) is 0 Å². The molecule has 1 aromatic carbocycles. The van der Waals surface area contributed by atoms with Gasteiger partial charge in [0.05, 0.1) is 12.7 Å². The fourth-order valence-corrected chi connectivity index (χ4v) is 1.50. The Kier molecular flexibility index (Phi) is 3.14. The zero-order valence-electron chi connectivity index (χ0n) is 9.18. The molecule has 0 unspecified atom stereocenters. The summed E-state index contributed by atoms with van der Waals surface area (Å²) in [5.41, 5.74) is 2.00. The molecule has 0 atom stereocenters. The average molecular weight is 231 g/mol. The predicted octanol–water partition coefficient (Wildman–Crippen LogP) is 2.67. The SMILES string of the molecule is COC(=O)c1ccc(-c2ccnc(F)c2)cc1. The summed E-state index contributed by atoms with van der Waals surface area (Å²) in [7, 11) is 1.33. The van der Waals surface area contributed by atoms with E-state index in [2.05, 4.69) is 9.72 Å². The van der Waals surface area contributed by atoms with Crippen LogP contribution in [0.4, 0.5) is 4.39 Å². The van der Waals surface area contributed by atoms with Crippen LogP contribution in [-0.4, -0.2) is 18.1 Å². The largest absolute Gasteiger partial charge is 0.465 e. The lowest BCUT2D eigenvalue weighted by atomic mass is 10.1. The van der Waals surface area contributed by atoms with Crippen LogP contribution in [0, 0.1) is 5.95 Å². The molecule has 0 spiro atoms. The van der Waals surface area contributed by atoms with Gasteiger partial charge in [0.1, 0.15) is 0 Å². The Morgan fingerprint density at radius 2 is 1.88 bits per heavy atom. The standard InChI is InChI=1S/C13H10FNO2/c1-17-13(16)10-4-2-9(3-5-10)11-6-7-15-12(14)8-11/h2-8H,1H3. The Hall–Kier alpha value is -2.23. The van der Waals surface area contributed by atoms with Gasteiger partial charge in [0, 0.05) is 12.3 Å². The number of pyridine rings is 1. The highest BCUT2D eigenvalue weighted by Gasteiger charge is 2.05. The van der Waals surface area contributed by atoms with Crippen LogP contribution in [-0.2, 0) is 4.74 Å². The maximum atomic E-state index is 12.9. The van der Waals surface area contributed by atoms with E-state index in [0.29, 0.717) is 11.1 Å². The predicted molar refractivity (Wildman–Crippen MR) is 61.0 cm³/mol. The van der Waals surface area contributed by atoms with Crippen molar-refractivity contribution >= 4 is 5.97 Å². The van der Waals surface area contributed by atoms with Gasteiger partial charge < -0.3 is 4.74 Å². The number of aromatic nitrogens is 1. The first-order valence-corrected chi connectivity index (χ1v) is 5.01. The molecule has 0 N–H and O–H groups in total. The summed E-state index contributed by atoms with van der Waals surface area (Å²) in [6, 6.07) is 9.80. The van der Waals surface area contributed by atoms with Crippen LogP contribution < -0.4 is 0 Å². The number of benzene rings is 1. The molecule has 3 nitrogen and oxygen atoms in total. The van der Waals surface area contributed by atoms with E-state index in [1.807, 2.05) is 0 Å². The third-order valence-electron chi connectivity index (χ3n) is 2.37. The summed E-state index contributed by atoms with van der Waals surface area (Å²) in [6.45, 7) is 0. The number of halogens is 1. The van der Waals surface area contributed by atoms with Crippen molar-refractivity contribution in [3.05, 3.63) is 54.1 Å². The van der Waals surface area contributed by atoms with Crippen LogP contribution in [0.5, 0.6) is 0 Å². The summed E-state index contributed by atoms with van der Waals surface area (Å²) in [5, 5.41) is 0. The van der Waals surface area contributed by atoms with Gasteiger partial charge in [0.25, 0.3) is 0 Å². The first kappa shape index (κ1) is 11.3. The zero-order chi connectivity index (χ0) is 12.3. The van der Waals surface area contributed by atoms with E-state index < -0.39 is 11.9 Å². The lowest BCUT2D eigenvalue weighted by Gasteiger charge is -2.03. The first-order chi connectivity index (χ1) is 8.20. The number of ether oxygens (including phenoxy) is 1.